The molecule has 2 aromatic rings. The number of carbonyl (C=O) groups is 1. The van der Waals surface area contributed by atoms with Gasteiger partial charge in [0.1, 0.15) is 11.5 Å². The molecule has 6 nitrogen and oxygen atoms in total. The van der Waals surface area contributed by atoms with Gasteiger partial charge in [0, 0.05) is 18.9 Å². The number of nitrogens with zero attached hydrogens (tertiary/aromatic N) is 2. The molecule has 0 saturated carbocycles. The summed E-state index contributed by atoms with van der Waals surface area (Å²) in [5, 5.41) is 6.16. The monoisotopic (exact) mass is 287 g/mol. The van der Waals surface area contributed by atoms with Crippen LogP contribution in [0.15, 0.2) is 30.7 Å². The molecule has 0 fully saturated rings. The topological polar surface area (TPSA) is 82.7 Å². The first-order valence-corrected chi connectivity index (χ1v) is 7.24. The van der Waals surface area contributed by atoms with Crippen LogP contribution < -0.4 is 10.6 Å². The summed E-state index contributed by atoms with van der Waals surface area (Å²) in [6, 6.07) is 3.46. The highest BCUT2D eigenvalue weighted by atomic mass is 16.1. The Labute approximate surface area is 124 Å². The molecule has 0 spiro atoms. The summed E-state index contributed by atoms with van der Waals surface area (Å²) < 4.78 is 0. The lowest BCUT2D eigenvalue weighted by molar-refractivity contribution is 0.0929. The molecule has 0 aromatic carbocycles. The number of hydrogen-bond acceptors (Lipinski definition) is 4. The second-order valence-corrected chi connectivity index (χ2v) is 4.77. The van der Waals surface area contributed by atoms with Crippen molar-refractivity contribution in [2.45, 2.75) is 32.7 Å². The van der Waals surface area contributed by atoms with E-state index in [-0.39, 0.29) is 11.9 Å². The molecule has 2 rings (SSSR count). The van der Waals surface area contributed by atoms with E-state index in [1.807, 2.05) is 13.0 Å². The Morgan fingerprint density at radius 2 is 2.19 bits per heavy atom. The zero-order valence-electron chi connectivity index (χ0n) is 12.4. The Balaban J connectivity index is 1.99. The van der Waals surface area contributed by atoms with E-state index in [0.717, 1.165) is 30.9 Å². The number of amides is 1. The minimum absolute atomic E-state index is 0.132. The molecule has 1 unspecified atom stereocenters. The summed E-state index contributed by atoms with van der Waals surface area (Å²) >= 11 is 0. The smallest absolute Gasteiger partial charge is 0.270 e. The molecule has 0 aliphatic rings. The second-order valence-electron chi connectivity index (χ2n) is 4.77. The van der Waals surface area contributed by atoms with Gasteiger partial charge in [0.25, 0.3) is 5.91 Å². The van der Waals surface area contributed by atoms with Crippen molar-refractivity contribution in [3.63, 3.8) is 0 Å². The van der Waals surface area contributed by atoms with Crippen LogP contribution in [0.3, 0.4) is 0 Å². The van der Waals surface area contributed by atoms with Crippen molar-refractivity contribution in [3.8, 4) is 0 Å². The van der Waals surface area contributed by atoms with Gasteiger partial charge in [0.2, 0.25) is 0 Å². The van der Waals surface area contributed by atoms with Gasteiger partial charge < -0.3 is 15.6 Å². The number of H-pyrrole nitrogens is 1. The first-order chi connectivity index (χ1) is 10.2. The summed E-state index contributed by atoms with van der Waals surface area (Å²) in [5.41, 5.74) is 1.33. The molecule has 0 aliphatic heterocycles. The molecular weight excluding hydrogens is 266 g/mol. The van der Waals surface area contributed by atoms with Gasteiger partial charge in [-0.25, -0.2) is 9.97 Å². The highest BCUT2D eigenvalue weighted by Crippen LogP contribution is 2.13. The van der Waals surface area contributed by atoms with Gasteiger partial charge >= 0.3 is 0 Å². The number of anilines is 1. The first-order valence-electron chi connectivity index (χ1n) is 7.24. The Morgan fingerprint density at radius 1 is 1.33 bits per heavy atom. The van der Waals surface area contributed by atoms with Crippen LogP contribution in [0.1, 0.15) is 49.0 Å². The predicted molar refractivity (Wildman–Crippen MR) is 82.1 cm³/mol. The van der Waals surface area contributed by atoms with Crippen LogP contribution in [0.4, 0.5) is 5.69 Å². The summed E-state index contributed by atoms with van der Waals surface area (Å²) in [4.78, 5) is 23.6. The van der Waals surface area contributed by atoms with E-state index in [4.69, 9.17) is 0 Å². The van der Waals surface area contributed by atoms with Gasteiger partial charge in [0.05, 0.1) is 17.9 Å². The number of rotatable bonds is 7. The van der Waals surface area contributed by atoms with Crippen molar-refractivity contribution in [2.75, 3.05) is 11.9 Å². The molecule has 1 amide bonds. The van der Waals surface area contributed by atoms with E-state index in [1.165, 1.54) is 0 Å². The zero-order chi connectivity index (χ0) is 15.1. The van der Waals surface area contributed by atoms with E-state index in [2.05, 4.69) is 32.5 Å². The maximum absolute atomic E-state index is 12.2. The number of aromatic nitrogens is 3. The van der Waals surface area contributed by atoms with Crippen molar-refractivity contribution >= 4 is 11.6 Å². The molecule has 21 heavy (non-hydrogen) atoms. The molecule has 6 heteroatoms. The molecule has 1 atom stereocenters. The molecule has 0 radical (unpaired) electrons. The van der Waals surface area contributed by atoms with E-state index in [9.17, 15) is 4.79 Å². The summed E-state index contributed by atoms with van der Waals surface area (Å²) in [6.45, 7) is 4.99. The van der Waals surface area contributed by atoms with Gasteiger partial charge in [0.15, 0.2) is 0 Å². The van der Waals surface area contributed by atoms with E-state index >= 15 is 0 Å². The zero-order valence-corrected chi connectivity index (χ0v) is 12.4. The highest BCUT2D eigenvalue weighted by molar-refractivity contribution is 5.92. The highest BCUT2D eigenvalue weighted by Gasteiger charge is 2.16. The number of nitrogens with one attached hydrogen (secondary N) is 3. The normalized spacial score (nSPS) is 11.9. The molecule has 2 heterocycles. The maximum atomic E-state index is 12.2. The Bertz CT molecular complexity index is 550. The molecule has 0 bridgehead atoms. The van der Waals surface area contributed by atoms with Crippen LogP contribution in [-0.2, 0) is 0 Å². The number of imidazole rings is 1. The summed E-state index contributed by atoms with van der Waals surface area (Å²) in [7, 11) is 0. The van der Waals surface area contributed by atoms with E-state index in [1.54, 1.807) is 24.7 Å². The minimum Gasteiger partial charge on any atom is -0.384 e. The van der Waals surface area contributed by atoms with Gasteiger partial charge in [-0.2, -0.15) is 0 Å². The van der Waals surface area contributed by atoms with Crippen LogP contribution >= 0.6 is 0 Å². The van der Waals surface area contributed by atoms with Gasteiger partial charge in [-0.3, -0.25) is 4.79 Å². The van der Waals surface area contributed by atoms with Crippen molar-refractivity contribution in [2.24, 2.45) is 0 Å². The van der Waals surface area contributed by atoms with Crippen LogP contribution in [0, 0.1) is 0 Å². The van der Waals surface area contributed by atoms with Crippen LogP contribution in [0.25, 0.3) is 0 Å². The second kappa shape index (κ2) is 7.42. The molecular formula is C15H21N5O. The van der Waals surface area contributed by atoms with E-state index in [0.29, 0.717) is 5.69 Å². The Hall–Kier alpha value is -2.37. The SMILES string of the molecule is CCCNc1ccc(C(=O)NC(CC)c2ncc[nH]2)nc1. The van der Waals surface area contributed by atoms with Gasteiger partial charge in [-0.05, 0) is 25.0 Å². The van der Waals surface area contributed by atoms with Gasteiger partial charge in [-0.15, -0.1) is 0 Å². The summed E-state index contributed by atoms with van der Waals surface area (Å²) in [5.74, 6) is 0.562. The lowest BCUT2D eigenvalue weighted by Crippen LogP contribution is -2.29. The third-order valence-electron chi connectivity index (χ3n) is 3.14. The predicted octanol–water partition coefficient (Wildman–Crippen LogP) is 2.51. The fourth-order valence-electron chi connectivity index (χ4n) is 1.97. The quantitative estimate of drug-likeness (QED) is 0.730. The van der Waals surface area contributed by atoms with Crippen molar-refractivity contribution in [1.82, 2.24) is 20.3 Å². The van der Waals surface area contributed by atoms with Crippen LogP contribution in [0.2, 0.25) is 0 Å². The molecule has 3 N–H and O–H groups in total. The number of carbonyl (C=O) groups excluding carboxylic acids is 1. The fraction of sp³-hybridized carbons (Fsp3) is 0.400. The lowest BCUT2D eigenvalue weighted by Gasteiger charge is -2.14. The fourth-order valence-corrected chi connectivity index (χ4v) is 1.97. The third kappa shape index (κ3) is 4.05. The molecule has 0 aliphatic carbocycles. The first kappa shape index (κ1) is 15.0. The van der Waals surface area contributed by atoms with Crippen LogP contribution in [0.5, 0.6) is 0 Å². The molecule has 112 valence electrons. The Kier molecular flexibility index (Phi) is 5.31. The standard InChI is InChI=1S/C15H21N5O/c1-3-7-16-11-5-6-13(19-10-11)15(21)20-12(4-2)14-17-8-9-18-14/h5-6,8-10,12,16H,3-4,7H2,1-2H3,(H,17,18)(H,20,21). The third-order valence-corrected chi connectivity index (χ3v) is 3.14. The van der Waals surface area contributed by atoms with Crippen molar-refractivity contribution in [1.29, 1.82) is 0 Å². The number of aromatic amines is 1. The lowest BCUT2D eigenvalue weighted by atomic mass is 10.2. The Morgan fingerprint density at radius 3 is 2.76 bits per heavy atom. The van der Waals surface area contributed by atoms with Crippen molar-refractivity contribution in [3.05, 3.63) is 42.2 Å². The summed E-state index contributed by atoms with van der Waals surface area (Å²) in [6.07, 6.45) is 6.91. The maximum Gasteiger partial charge on any atom is 0.270 e. The molecule has 0 saturated heterocycles. The number of hydrogen-bond donors (Lipinski definition) is 3. The van der Waals surface area contributed by atoms with E-state index < -0.39 is 0 Å². The van der Waals surface area contributed by atoms with Gasteiger partial charge in [-0.1, -0.05) is 13.8 Å². The molecule has 2 aromatic heterocycles. The average Bonchev–Trinajstić information content (AvgIpc) is 3.05. The average molecular weight is 287 g/mol. The minimum atomic E-state index is -0.194. The number of pyridine rings is 1. The van der Waals surface area contributed by atoms with Crippen LogP contribution in [-0.4, -0.2) is 27.4 Å². The van der Waals surface area contributed by atoms with Crippen molar-refractivity contribution < 1.29 is 4.79 Å². The largest absolute Gasteiger partial charge is 0.384 e.